The number of benzene rings is 4. The van der Waals surface area contributed by atoms with Gasteiger partial charge in [-0.2, -0.15) is 0 Å². The van der Waals surface area contributed by atoms with Crippen LogP contribution >= 0.6 is 0 Å². The Morgan fingerprint density at radius 3 is 2.38 bits per heavy atom. The number of aromatic carboxylic acids is 1. The Labute approximate surface area is 183 Å². The lowest BCUT2D eigenvalue weighted by Gasteiger charge is -2.18. The molecule has 5 heteroatoms. The summed E-state index contributed by atoms with van der Waals surface area (Å²) in [4.78, 5) is 23.9. The van der Waals surface area contributed by atoms with Gasteiger partial charge in [0, 0.05) is 35.1 Å². The van der Waals surface area contributed by atoms with Gasteiger partial charge in [-0.3, -0.25) is 4.79 Å². The van der Waals surface area contributed by atoms with Gasteiger partial charge in [0.15, 0.2) is 5.43 Å². The van der Waals surface area contributed by atoms with Gasteiger partial charge >= 0.3 is 5.97 Å². The van der Waals surface area contributed by atoms with Crippen LogP contribution < -0.4 is 5.43 Å². The summed E-state index contributed by atoms with van der Waals surface area (Å²) in [6, 6.07) is 24.3. The highest BCUT2D eigenvalue weighted by Gasteiger charge is 2.22. The molecule has 0 unspecified atom stereocenters. The molecule has 32 heavy (non-hydrogen) atoms. The Kier molecular flexibility index (Phi) is 4.71. The molecule has 2 N–H and O–H groups in total. The van der Waals surface area contributed by atoms with Crippen LogP contribution in [0.15, 0.2) is 94.1 Å². The molecule has 3 aromatic carbocycles. The normalized spacial score (nSPS) is 11.1. The quantitative estimate of drug-likeness (QED) is 0.370. The van der Waals surface area contributed by atoms with Crippen LogP contribution in [0.2, 0.25) is 0 Å². The van der Waals surface area contributed by atoms with Crippen LogP contribution in [0, 0.1) is 0 Å². The van der Waals surface area contributed by atoms with E-state index in [2.05, 4.69) is 0 Å². The average Bonchev–Trinajstić information content (AvgIpc) is 2.79. The molecule has 2 aliphatic rings. The largest absolute Gasteiger partial charge is 0.508 e. The predicted molar refractivity (Wildman–Crippen MR) is 122 cm³/mol. The summed E-state index contributed by atoms with van der Waals surface area (Å²) in [7, 11) is 0. The summed E-state index contributed by atoms with van der Waals surface area (Å²) in [5, 5.41) is 21.1. The van der Waals surface area contributed by atoms with E-state index in [1.807, 2.05) is 36.4 Å². The first-order valence-electron chi connectivity index (χ1n) is 10.1. The number of hydrogen-bond acceptors (Lipinski definition) is 4. The topological polar surface area (TPSA) is 87.7 Å². The number of aromatic hydroxyl groups is 1. The fourth-order valence-electron chi connectivity index (χ4n) is 4.09. The van der Waals surface area contributed by atoms with Gasteiger partial charge in [0.25, 0.3) is 0 Å². The van der Waals surface area contributed by atoms with Crippen molar-refractivity contribution in [3.05, 3.63) is 112 Å². The molecule has 0 fully saturated rings. The maximum absolute atomic E-state index is 12.0. The van der Waals surface area contributed by atoms with Crippen molar-refractivity contribution in [3.63, 3.8) is 0 Å². The van der Waals surface area contributed by atoms with Crippen molar-refractivity contribution >= 4 is 16.9 Å². The van der Waals surface area contributed by atoms with Crippen LogP contribution in [0.25, 0.3) is 33.4 Å². The van der Waals surface area contributed by atoms with Crippen LogP contribution in [0.1, 0.15) is 21.5 Å². The molecule has 0 saturated carbocycles. The maximum atomic E-state index is 12.0. The third-order valence-corrected chi connectivity index (χ3v) is 5.56. The molecule has 5 nitrogen and oxygen atoms in total. The molecular formula is C27H18O5. The summed E-state index contributed by atoms with van der Waals surface area (Å²) in [6.07, 6.45) is 0.500. The Hall–Kier alpha value is -4.38. The summed E-state index contributed by atoms with van der Waals surface area (Å²) >= 11 is 0. The van der Waals surface area contributed by atoms with Gasteiger partial charge in [-0.05, 0) is 41.0 Å². The van der Waals surface area contributed by atoms with E-state index in [1.165, 1.54) is 18.2 Å². The van der Waals surface area contributed by atoms with Crippen molar-refractivity contribution in [2.45, 2.75) is 6.42 Å². The van der Waals surface area contributed by atoms with E-state index in [0.717, 1.165) is 5.56 Å². The lowest BCUT2D eigenvalue weighted by Crippen LogP contribution is -2.03. The van der Waals surface area contributed by atoms with Crippen molar-refractivity contribution in [3.8, 4) is 28.2 Å². The number of hydrogen-bond donors (Lipinski definition) is 2. The fraction of sp³-hybridized carbons (Fsp3) is 0.0370. The molecule has 1 aliphatic heterocycles. The van der Waals surface area contributed by atoms with Crippen LogP contribution in [-0.4, -0.2) is 16.2 Å². The van der Waals surface area contributed by atoms with E-state index in [-0.39, 0.29) is 16.7 Å². The molecule has 0 amide bonds. The van der Waals surface area contributed by atoms with E-state index in [0.29, 0.717) is 45.4 Å². The number of rotatable bonds is 4. The van der Waals surface area contributed by atoms with E-state index in [4.69, 9.17) is 4.42 Å². The highest BCUT2D eigenvalue weighted by molar-refractivity contribution is 6.07. The smallest absolute Gasteiger partial charge is 0.336 e. The molecule has 0 atom stereocenters. The van der Waals surface area contributed by atoms with Gasteiger partial charge in [0.2, 0.25) is 0 Å². The summed E-state index contributed by atoms with van der Waals surface area (Å²) < 4.78 is 5.97. The summed E-state index contributed by atoms with van der Waals surface area (Å²) in [5.74, 6) is -0.651. The second kappa shape index (κ2) is 7.71. The second-order valence-corrected chi connectivity index (χ2v) is 7.63. The lowest BCUT2D eigenvalue weighted by molar-refractivity contribution is 0.0697. The standard InChI is InChI=1S/C27H18O5/c28-18-10-11-21-24(14-18)32-25-15-23(29)17(12-16-6-2-1-3-7-16)13-22(25)26(21)19-8-4-5-9-20(19)27(30)31/h1-11,13-15,29H,12H2,(H,30,31). The molecule has 3 aromatic rings. The first-order valence-corrected chi connectivity index (χ1v) is 10.1. The number of carboxylic acid groups (broad SMARTS) is 1. The Balaban J connectivity index is 1.86. The predicted octanol–water partition coefficient (Wildman–Crippen LogP) is 5.56. The van der Waals surface area contributed by atoms with Crippen molar-refractivity contribution in [2.24, 2.45) is 0 Å². The van der Waals surface area contributed by atoms with Crippen molar-refractivity contribution in [2.75, 3.05) is 0 Å². The first-order chi connectivity index (χ1) is 15.5. The van der Waals surface area contributed by atoms with Gasteiger partial charge in [0.05, 0.1) is 5.56 Å². The van der Waals surface area contributed by atoms with Crippen LogP contribution in [0.4, 0.5) is 0 Å². The van der Waals surface area contributed by atoms with Gasteiger partial charge in [-0.25, -0.2) is 4.79 Å². The Morgan fingerprint density at radius 2 is 1.59 bits per heavy atom. The number of fused-ring (bicyclic) bond motifs is 2. The molecule has 0 radical (unpaired) electrons. The lowest BCUT2D eigenvalue weighted by atomic mass is 9.89. The second-order valence-electron chi connectivity index (χ2n) is 7.63. The SMILES string of the molecule is O=C(O)c1ccccc1-c1c2ccc(=O)cc-2oc2cc(O)c(Cc3ccccc3)cc12. The highest BCUT2D eigenvalue weighted by Crippen LogP contribution is 2.43. The minimum absolute atomic E-state index is 0.0696. The third kappa shape index (κ3) is 3.40. The molecule has 0 saturated heterocycles. The van der Waals surface area contributed by atoms with E-state index >= 15 is 0 Å². The van der Waals surface area contributed by atoms with E-state index < -0.39 is 5.97 Å². The minimum Gasteiger partial charge on any atom is -0.508 e. The third-order valence-electron chi connectivity index (χ3n) is 5.56. The first kappa shape index (κ1) is 19.6. The van der Waals surface area contributed by atoms with E-state index in [1.54, 1.807) is 30.3 Å². The zero-order chi connectivity index (χ0) is 22.2. The fourth-order valence-corrected chi connectivity index (χ4v) is 4.09. The van der Waals surface area contributed by atoms with Gasteiger partial charge in [-0.1, -0.05) is 48.5 Å². The van der Waals surface area contributed by atoms with Crippen LogP contribution in [0.5, 0.6) is 5.75 Å². The number of carbonyl (C=O) groups is 1. The van der Waals surface area contributed by atoms with E-state index in [9.17, 15) is 19.8 Å². The molecule has 156 valence electrons. The zero-order valence-electron chi connectivity index (χ0n) is 16.9. The molecule has 5 rings (SSSR count). The van der Waals surface area contributed by atoms with Crippen molar-refractivity contribution in [1.29, 1.82) is 0 Å². The van der Waals surface area contributed by atoms with Crippen LogP contribution in [0.3, 0.4) is 0 Å². The highest BCUT2D eigenvalue weighted by atomic mass is 16.4. The minimum atomic E-state index is -1.05. The summed E-state index contributed by atoms with van der Waals surface area (Å²) in [5.41, 5.74) is 3.80. The molecule has 0 bridgehead atoms. The Bertz CT molecular complexity index is 1500. The average molecular weight is 422 g/mol. The van der Waals surface area contributed by atoms with Gasteiger partial charge in [0.1, 0.15) is 17.1 Å². The van der Waals surface area contributed by atoms with Crippen LogP contribution in [-0.2, 0) is 6.42 Å². The molecule has 1 aliphatic carbocycles. The van der Waals surface area contributed by atoms with Gasteiger partial charge in [-0.15, -0.1) is 0 Å². The van der Waals surface area contributed by atoms with Crippen molar-refractivity contribution in [1.82, 2.24) is 0 Å². The maximum Gasteiger partial charge on any atom is 0.336 e. The van der Waals surface area contributed by atoms with Crippen molar-refractivity contribution < 1.29 is 19.4 Å². The van der Waals surface area contributed by atoms with Gasteiger partial charge < -0.3 is 14.6 Å². The summed E-state index contributed by atoms with van der Waals surface area (Å²) in [6.45, 7) is 0. The molecule has 0 spiro atoms. The molecule has 1 heterocycles. The number of phenolic OH excluding ortho intramolecular Hbond substituents is 1. The monoisotopic (exact) mass is 422 g/mol. The number of carboxylic acids is 1. The zero-order valence-corrected chi connectivity index (χ0v) is 16.9. The number of phenols is 1. The molecule has 0 aromatic heterocycles. The molecular weight excluding hydrogens is 404 g/mol. The Morgan fingerprint density at radius 1 is 0.844 bits per heavy atom.